The number of nitrogens with one attached hydrogen (secondary N) is 1. The van der Waals surface area contributed by atoms with Gasteiger partial charge in [0.25, 0.3) is 0 Å². The summed E-state index contributed by atoms with van der Waals surface area (Å²) in [5, 5.41) is 3.37. The van der Waals surface area contributed by atoms with Gasteiger partial charge in [-0.25, -0.2) is 4.39 Å². The summed E-state index contributed by atoms with van der Waals surface area (Å²) in [6, 6.07) is 5.91. The number of halogens is 3. The van der Waals surface area contributed by atoms with Gasteiger partial charge in [0.2, 0.25) is 0 Å². The molecule has 1 saturated heterocycles. The first-order valence-electron chi connectivity index (χ1n) is 7.12. The van der Waals surface area contributed by atoms with Gasteiger partial charge in [0.1, 0.15) is 5.82 Å². The maximum atomic E-state index is 13.8. The van der Waals surface area contributed by atoms with Gasteiger partial charge in [-0.3, -0.25) is 4.90 Å². The Hall–Kier alpha value is -0.160. The summed E-state index contributed by atoms with van der Waals surface area (Å²) in [5.74, 6) is -0.158. The standard InChI is InChI=1S/C15H22BrFN2.ClH/c1-2-3-4-15(19-9-7-18-8-10-19)12-5-6-13(16)14(17)11-12;/h5-6,11,15,18H,2-4,7-10H2,1H3;1H/t15-;/m1./s1. The van der Waals surface area contributed by atoms with Crippen LogP contribution in [0.15, 0.2) is 22.7 Å². The van der Waals surface area contributed by atoms with Gasteiger partial charge in [0.15, 0.2) is 0 Å². The largest absolute Gasteiger partial charge is 0.314 e. The third-order valence-corrected chi connectivity index (χ3v) is 4.40. The molecule has 20 heavy (non-hydrogen) atoms. The summed E-state index contributed by atoms with van der Waals surface area (Å²) in [7, 11) is 0. The predicted molar refractivity (Wildman–Crippen MR) is 88.1 cm³/mol. The van der Waals surface area contributed by atoms with Crippen molar-refractivity contribution in [3.8, 4) is 0 Å². The molecule has 0 saturated carbocycles. The number of nitrogens with zero attached hydrogens (tertiary/aromatic N) is 1. The van der Waals surface area contributed by atoms with Crippen LogP contribution in [0, 0.1) is 5.82 Å². The van der Waals surface area contributed by atoms with Crippen LogP contribution in [-0.4, -0.2) is 31.1 Å². The molecule has 1 aliphatic heterocycles. The molecule has 0 radical (unpaired) electrons. The van der Waals surface area contributed by atoms with E-state index in [4.69, 9.17) is 0 Å². The van der Waals surface area contributed by atoms with E-state index >= 15 is 0 Å². The second-order valence-electron chi connectivity index (χ2n) is 5.12. The third kappa shape index (κ3) is 4.69. The summed E-state index contributed by atoms with van der Waals surface area (Å²) in [4.78, 5) is 2.48. The number of unbranched alkanes of at least 4 members (excludes halogenated alkanes) is 1. The third-order valence-electron chi connectivity index (χ3n) is 3.75. The maximum absolute atomic E-state index is 13.8. The Morgan fingerprint density at radius 1 is 1.35 bits per heavy atom. The normalized spacial score (nSPS) is 17.6. The van der Waals surface area contributed by atoms with Crippen LogP contribution in [0.2, 0.25) is 0 Å². The van der Waals surface area contributed by atoms with Crippen molar-refractivity contribution in [3.05, 3.63) is 34.1 Å². The van der Waals surface area contributed by atoms with Gasteiger partial charge in [0, 0.05) is 32.2 Å². The van der Waals surface area contributed by atoms with E-state index in [-0.39, 0.29) is 18.2 Å². The Morgan fingerprint density at radius 2 is 2.05 bits per heavy atom. The average molecular weight is 366 g/mol. The van der Waals surface area contributed by atoms with Crippen molar-refractivity contribution in [2.45, 2.75) is 32.2 Å². The van der Waals surface area contributed by atoms with Crippen LogP contribution in [0.1, 0.15) is 37.8 Å². The molecule has 1 aliphatic rings. The zero-order chi connectivity index (χ0) is 13.7. The van der Waals surface area contributed by atoms with Crippen molar-refractivity contribution in [3.63, 3.8) is 0 Å². The van der Waals surface area contributed by atoms with E-state index in [9.17, 15) is 4.39 Å². The van der Waals surface area contributed by atoms with E-state index in [0.29, 0.717) is 10.5 Å². The first kappa shape index (κ1) is 17.9. The molecule has 0 aliphatic carbocycles. The molecule has 1 aromatic rings. The monoisotopic (exact) mass is 364 g/mol. The maximum Gasteiger partial charge on any atom is 0.137 e. The van der Waals surface area contributed by atoms with Gasteiger partial charge < -0.3 is 5.32 Å². The topological polar surface area (TPSA) is 15.3 Å². The summed E-state index contributed by atoms with van der Waals surface area (Å²) in [6.07, 6.45) is 3.48. The molecule has 2 rings (SSSR count). The highest BCUT2D eigenvalue weighted by Crippen LogP contribution is 2.29. The number of benzene rings is 1. The lowest BCUT2D eigenvalue weighted by atomic mass is 9.98. The Kier molecular flexibility index (Phi) is 8.03. The Bertz CT molecular complexity index is 411. The van der Waals surface area contributed by atoms with Crippen LogP contribution in [0.5, 0.6) is 0 Å². The van der Waals surface area contributed by atoms with Crippen molar-refractivity contribution >= 4 is 28.3 Å². The van der Waals surface area contributed by atoms with Crippen LogP contribution in [0.3, 0.4) is 0 Å². The quantitative estimate of drug-likeness (QED) is 0.843. The van der Waals surface area contributed by atoms with E-state index in [2.05, 4.69) is 39.1 Å². The first-order valence-corrected chi connectivity index (χ1v) is 7.91. The molecule has 1 N–H and O–H groups in total. The molecule has 0 spiro atoms. The van der Waals surface area contributed by atoms with Gasteiger partial charge >= 0.3 is 0 Å². The lowest BCUT2D eigenvalue weighted by molar-refractivity contribution is 0.163. The van der Waals surface area contributed by atoms with Gasteiger partial charge in [-0.05, 0) is 40.0 Å². The SMILES string of the molecule is CCCC[C@H](c1ccc(Br)c(F)c1)N1CCNCC1.Cl. The van der Waals surface area contributed by atoms with Crippen LogP contribution in [0.4, 0.5) is 4.39 Å². The van der Waals surface area contributed by atoms with Gasteiger partial charge in [0.05, 0.1) is 4.47 Å². The molecule has 0 amide bonds. The van der Waals surface area contributed by atoms with E-state index in [0.717, 1.165) is 38.2 Å². The van der Waals surface area contributed by atoms with Gasteiger partial charge in [-0.1, -0.05) is 25.8 Å². The number of hydrogen-bond donors (Lipinski definition) is 1. The van der Waals surface area contributed by atoms with E-state index in [1.165, 1.54) is 12.8 Å². The van der Waals surface area contributed by atoms with Crippen LogP contribution < -0.4 is 5.32 Å². The number of rotatable bonds is 5. The lowest BCUT2D eigenvalue weighted by Gasteiger charge is -2.35. The minimum absolute atomic E-state index is 0. The molecule has 0 aromatic heterocycles. The number of piperazine rings is 1. The Balaban J connectivity index is 0.00000200. The van der Waals surface area contributed by atoms with E-state index < -0.39 is 0 Å². The van der Waals surface area contributed by atoms with Crippen LogP contribution in [-0.2, 0) is 0 Å². The second-order valence-corrected chi connectivity index (χ2v) is 5.97. The molecule has 1 fully saturated rings. The molecular formula is C15H23BrClFN2. The van der Waals surface area contributed by atoms with Gasteiger partial charge in [-0.2, -0.15) is 0 Å². The molecular weight excluding hydrogens is 343 g/mol. The zero-order valence-corrected chi connectivity index (χ0v) is 14.3. The van der Waals surface area contributed by atoms with E-state index in [1.807, 2.05) is 6.07 Å². The molecule has 1 heterocycles. The van der Waals surface area contributed by atoms with Crippen molar-refractivity contribution in [1.82, 2.24) is 10.2 Å². The summed E-state index contributed by atoms with van der Waals surface area (Å²) in [5.41, 5.74) is 1.11. The average Bonchev–Trinajstić information content (AvgIpc) is 2.44. The molecule has 0 unspecified atom stereocenters. The fourth-order valence-electron chi connectivity index (χ4n) is 2.67. The molecule has 1 aromatic carbocycles. The fourth-order valence-corrected chi connectivity index (χ4v) is 2.92. The molecule has 0 bridgehead atoms. The van der Waals surface area contributed by atoms with Crippen LogP contribution in [0.25, 0.3) is 0 Å². The second kappa shape index (κ2) is 8.98. The Labute approximate surface area is 135 Å². The summed E-state index contributed by atoms with van der Waals surface area (Å²) in [6.45, 7) is 6.36. The molecule has 2 nitrogen and oxygen atoms in total. The first-order chi connectivity index (χ1) is 9.22. The van der Waals surface area contributed by atoms with Crippen molar-refractivity contribution < 1.29 is 4.39 Å². The number of hydrogen-bond acceptors (Lipinski definition) is 2. The summed E-state index contributed by atoms with van der Waals surface area (Å²) >= 11 is 3.23. The lowest BCUT2D eigenvalue weighted by Crippen LogP contribution is -2.45. The molecule has 114 valence electrons. The molecule has 5 heteroatoms. The minimum atomic E-state index is -0.158. The zero-order valence-electron chi connectivity index (χ0n) is 11.9. The highest BCUT2D eigenvalue weighted by atomic mass is 79.9. The van der Waals surface area contributed by atoms with Crippen molar-refractivity contribution in [2.24, 2.45) is 0 Å². The summed E-state index contributed by atoms with van der Waals surface area (Å²) < 4.78 is 14.3. The fraction of sp³-hybridized carbons (Fsp3) is 0.600. The Morgan fingerprint density at radius 3 is 2.65 bits per heavy atom. The minimum Gasteiger partial charge on any atom is -0.314 e. The predicted octanol–water partition coefficient (Wildman–Crippen LogP) is 4.15. The van der Waals surface area contributed by atoms with Crippen molar-refractivity contribution in [1.29, 1.82) is 0 Å². The van der Waals surface area contributed by atoms with Crippen molar-refractivity contribution in [2.75, 3.05) is 26.2 Å². The highest BCUT2D eigenvalue weighted by molar-refractivity contribution is 9.10. The van der Waals surface area contributed by atoms with Gasteiger partial charge in [-0.15, -0.1) is 12.4 Å². The highest BCUT2D eigenvalue weighted by Gasteiger charge is 2.22. The van der Waals surface area contributed by atoms with E-state index in [1.54, 1.807) is 6.07 Å². The van der Waals surface area contributed by atoms with Crippen LogP contribution >= 0.6 is 28.3 Å². The molecule has 1 atom stereocenters. The smallest absolute Gasteiger partial charge is 0.137 e.